The SMILES string of the molecule is CC(C)(C)OC(=O)COC(C(O)O)(C(F)(F)F)C(F)(F)F. The number of hydrogen-bond donors (Lipinski definition) is 2. The van der Waals surface area contributed by atoms with Gasteiger partial charge in [0.25, 0.3) is 0 Å². The summed E-state index contributed by atoms with van der Waals surface area (Å²) in [5, 5.41) is 17.0. The van der Waals surface area contributed by atoms with E-state index in [1.165, 1.54) is 20.8 Å². The van der Waals surface area contributed by atoms with Gasteiger partial charge in [-0.1, -0.05) is 0 Å². The number of aliphatic hydroxyl groups excluding tert-OH is 1. The molecule has 0 fully saturated rings. The number of esters is 1. The summed E-state index contributed by atoms with van der Waals surface area (Å²) in [6.07, 6.45) is -16.4. The second kappa shape index (κ2) is 5.97. The summed E-state index contributed by atoms with van der Waals surface area (Å²) in [5.74, 6) is -1.53. The van der Waals surface area contributed by atoms with Gasteiger partial charge in [-0.25, -0.2) is 4.79 Å². The number of ether oxygens (including phenoxy) is 2. The standard InChI is InChI=1S/C10H14F6O5/c1-7(2,3)21-5(17)4-20-8(6(18)19,9(11,12)13)10(14,15)16/h6,18-19H,4H2,1-3H3. The van der Waals surface area contributed by atoms with Crippen molar-refractivity contribution < 1.29 is 50.8 Å². The van der Waals surface area contributed by atoms with Crippen LogP contribution in [0.2, 0.25) is 0 Å². The molecule has 2 N–H and O–H groups in total. The molecule has 0 aromatic carbocycles. The van der Waals surface area contributed by atoms with E-state index in [2.05, 4.69) is 9.47 Å². The molecule has 0 atom stereocenters. The summed E-state index contributed by atoms with van der Waals surface area (Å²) in [5.41, 5.74) is -6.48. The van der Waals surface area contributed by atoms with Crippen molar-refractivity contribution in [1.82, 2.24) is 0 Å². The first-order chi connectivity index (χ1) is 9.04. The number of carbonyl (C=O) groups excluding carboxylic acids is 1. The third-order valence-electron chi connectivity index (χ3n) is 2.04. The molecule has 0 aliphatic heterocycles. The Balaban J connectivity index is 5.34. The molecule has 21 heavy (non-hydrogen) atoms. The molecule has 0 amide bonds. The highest BCUT2D eigenvalue weighted by atomic mass is 19.4. The summed E-state index contributed by atoms with van der Waals surface area (Å²) in [4.78, 5) is 11.1. The lowest BCUT2D eigenvalue weighted by molar-refractivity contribution is -0.425. The van der Waals surface area contributed by atoms with E-state index in [1.54, 1.807) is 0 Å². The van der Waals surface area contributed by atoms with E-state index in [0.29, 0.717) is 0 Å². The molecule has 0 bridgehead atoms. The second-order valence-corrected chi connectivity index (χ2v) is 4.98. The zero-order valence-electron chi connectivity index (χ0n) is 11.2. The van der Waals surface area contributed by atoms with E-state index in [0.717, 1.165) is 0 Å². The molecule has 0 saturated heterocycles. The highest BCUT2D eigenvalue weighted by Gasteiger charge is 2.76. The number of carbonyl (C=O) groups is 1. The van der Waals surface area contributed by atoms with Crippen LogP contribution in [0.25, 0.3) is 0 Å². The highest BCUT2D eigenvalue weighted by molar-refractivity contribution is 5.71. The monoisotopic (exact) mass is 328 g/mol. The van der Waals surface area contributed by atoms with E-state index in [1.807, 2.05) is 0 Å². The zero-order chi connectivity index (χ0) is 17.3. The fourth-order valence-corrected chi connectivity index (χ4v) is 1.24. The Morgan fingerprint density at radius 1 is 1.00 bits per heavy atom. The first-order valence-electron chi connectivity index (χ1n) is 5.40. The number of hydrogen-bond acceptors (Lipinski definition) is 5. The van der Waals surface area contributed by atoms with Crippen molar-refractivity contribution in [3.8, 4) is 0 Å². The summed E-state index contributed by atoms with van der Waals surface area (Å²) >= 11 is 0. The fraction of sp³-hybridized carbons (Fsp3) is 0.900. The van der Waals surface area contributed by atoms with E-state index in [9.17, 15) is 31.1 Å². The molecule has 0 aromatic rings. The van der Waals surface area contributed by atoms with Crippen LogP contribution in [0.15, 0.2) is 0 Å². The van der Waals surface area contributed by atoms with Crippen molar-refractivity contribution in [3.05, 3.63) is 0 Å². The Hall–Kier alpha value is -1.07. The maximum atomic E-state index is 12.6. The van der Waals surface area contributed by atoms with Crippen molar-refractivity contribution in [1.29, 1.82) is 0 Å². The molecular formula is C10H14F6O5. The molecule has 11 heteroatoms. The van der Waals surface area contributed by atoms with Gasteiger partial charge in [0, 0.05) is 0 Å². The zero-order valence-corrected chi connectivity index (χ0v) is 11.2. The van der Waals surface area contributed by atoms with Crippen LogP contribution in [-0.4, -0.2) is 52.6 Å². The fourth-order valence-electron chi connectivity index (χ4n) is 1.24. The van der Waals surface area contributed by atoms with Crippen LogP contribution in [0.4, 0.5) is 26.3 Å². The molecule has 0 saturated carbocycles. The van der Waals surface area contributed by atoms with Crippen LogP contribution < -0.4 is 0 Å². The topological polar surface area (TPSA) is 76.0 Å². The molecule has 5 nitrogen and oxygen atoms in total. The Labute approximate surface area is 115 Å². The van der Waals surface area contributed by atoms with E-state index < -0.39 is 42.4 Å². The van der Waals surface area contributed by atoms with Crippen molar-refractivity contribution in [3.63, 3.8) is 0 Å². The van der Waals surface area contributed by atoms with Gasteiger partial charge >= 0.3 is 23.9 Å². The number of halogens is 6. The Kier molecular flexibility index (Phi) is 5.67. The van der Waals surface area contributed by atoms with Crippen molar-refractivity contribution in [2.45, 2.75) is 50.6 Å². The third kappa shape index (κ3) is 4.71. The van der Waals surface area contributed by atoms with E-state index in [-0.39, 0.29) is 0 Å². The summed E-state index contributed by atoms with van der Waals surface area (Å²) in [7, 11) is 0. The van der Waals surface area contributed by atoms with Gasteiger partial charge in [0.05, 0.1) is 0 Å². The van der Waals surface area contributed by atoms with Gasteiger partial charge in [0.1, 0.15) is 12.2 Å². The molecule has 0 aromatic heterocycles. The predicted molar refractivity (Wildman–Crippen MR) is 54.9 cm³/mol. The summed E-state index contributed by atoms with van der Waals surface area (Å²) in [6, 6.07) is 0. The maximum absolute atomic E-state index is 12.6. The van der Waals surface area contributed by atoms with Gasteiger partial charge in [-0.05, 0) is 20.8 Å². The van der Waals surface area contributed by atoms with Gasteiger partial charge in [-0.3, -0.25) is 0 Å². The second-order valence-electron chi connectivity index (χ2n) is 4.98. The molecule has 0 spiro atoms. The minimum atomic E-state index is -6.22. The molecule has 126 valence electrons. The minimum Gasteiger partial charge on any atom is -0.458 e. The lowest BCUT2D eigenvalue weighted by Crippen LogP contribution is -2.66. The molecule has 0 radical (unpaired) electrons. The van der Waals surface area contributed by atoms with Gasteiger partial charge in [-0.2, -0.15) is 26.3 Å². The summed E-state index contributed by atoms with van der Waals surface area (Å²) < 4.78 is 83.5. The smallest absolute Gasteiger partial charge is 0.431 e. The van der Waals surface area contributed by atoms with Crippen LogP contribution in [0.3, 0.4) is 0 Å². The van der Waals surface area contributed by atoms with Crippen molar-refractivity contribution in [2.75, 3.05) is 6.61 Å². The van der Waals surface area contributed by atoms with Crippen LogP contribution in [-0.2, 0) is 14.3 Å². The molecule has 0 unspecified atom stereocenters. The predicted octanol–water partition coefficient (Wildman–Crippen LogP) is 1.52. The molecule has 0 heterocycles. The normalized spacial score (nSPS) is 14.5. The highest BCUT2D eigenvalue weighted by Crippen LogP contribution is 2.47. The number of alkyl halides is 6. The van der Waals surface area contributed by atoms with Crippen LogP contribution >= 0.6 is 0 Å². The first-order valence-corrected chi connectivity index (χ1v) is 5.40. The largest absolute Gasteiger partial charge is 0.458 e. The average Bonchev–Trinajstić information content (AvgIpc) is 2.09. The molecule has 0 aliphatic rings. The maximum Gasteiger partial charge on any atom is 0.431 e. The Bertz CT molecular complexity index is 354. The summed E-state index contributed by atoms with van der Waals surface area (Å²) in [6.45, 7) is 2.21. The Morgan fingerprint density at radius 3 is 1.62 bits per heavy atom. The van der Waals surface area contributed by atoms with Crippen molar-refractivity contribution in [2.24, 2.45) is 0 Å². The van der Waals surface area contributed by atoms with E-state index >= 15 is 0 Å². The van der Waals surface area contributed by atoms with Gasteiger partial charge in [-0.15, -0.1) is 0 Å². The lowest BCUT2D eigenvalue weighted by atomic mass is 10.0. The molecule has 0 aliphatic carbocycles. The van der Waals surface area contributed by atoms with Gasteiger partial charge < -0.3 is 19.7 Å². The van der Waals surface area contributed by atoms with Crippen LogP contribution in [0.1, 0.15) is 20.8 Å². The number of rotatable bonds is 4. The third-order valence-corrected chi connectivity index (χ3v) is 2.04. The van der Waals surface area contributed by atoms with Crippen LogP contribution in [0, 0.1) is 0 Å². The lowest BCUT2D eigenvalue weighted by Gasteiger charge is -2.37. The minimum absolute atomic E-state index is 1.17. The van der Waals surface area contributed by atoms with E-state index in [4.69, 9.17) is 10.2 Å². The van der Waals surface area contributed by atoms with Gasteiger partial charge in [0.2, 0.25) is 0 Å². The Morgan fingerprint density at radius 2 is 1.38 bits per heavy atom. The average molecular weight is 328 g/mol. The van der Waals surface area contributed by atoms with Crippen LogP contribution in [0.5, 0.6) is 0 Å². The quantitative estimate of drug-likeness (QED) is 0.465. The number of aliphatic hydroxyl groups is 2. The first kappa shape index (κ1) is 19.9. The van der Waals surface area contributed by atoms with Gasteiger partial charge in [0.15, 0.2) is 6.29 Å². The molecule has 0 rings (SSSR count). The molecular weight excluding hydrogens is 314 g/mol. The van der Waals surface area contributed by atoms with Crippen molar-refractivity contribution >= 4 is 5.97 Å².